The van der Waals surface area contributed by atoms with Crippen LogP contribution in [0.4, 0.5) is 4.39 Å². The van der Waals surface area contributed by atoms with Crippen molar-refractivity contribution in [2.75, 3.05) is 26.8 Å². The number of methoxy groups -OCH3 is 1. The number of piperidine rings is 1. The normalized spacial score (nSPS) is 14.4. The van der Waals surface area contributed by atoms with Gasteiger partial charge >= 0.3 is 0 Å². The average Bonchev–Trinajstić information content (AvgIpc) is 3.30. The molecule has 0 saturated carbocycles. The number of carbonyl (C=O) groups excluding carboxylic acids is 1. The maximum absolute atomic E-state index is 14.6. The molecule has 0 spiro atoms. The quantitative estimate of drug-likeness (QED) is 0.375. The zero-order chi connectivity index (χ0) is 25.9. The number of aromatic nitrogens is 2. The molecule has 0 radical (unpaired) electrons. The Morgan fingerprint density at radius 2 is 1.97 bits per heavy atom. The maximum Gasteiger partial charge on any atom is 0.256 e. The van der Waals surface area contributed by atoms with Crippen LogP contribution in [0, 0.1) is 12.7 Å². The third-order valence-corrected chi connectivity index (χ3v) is 7.40. The number of nitrogens with zero attached hydrogens (tertiary/aromatic N) is 3. The van der Waals surface area contributed by atoms with Gasteiger partial charge in [-0.1, -0.05) is 24.3 Å². The van der Waals surface area contributed by atoms with Crippen LogP contribution in [0.5, 0.6) is 0 Å². The molecule has 1 aliphatic heterocycles. The third-order valence-electron chi connectivity index (χ3n) is 7.40. The van der Waals surface area contributed by atoms with Crippen LogP contribution < -0.4 is 5.73 Å². The Morgan fingerprint density at radius 1 is 1.16 bits per heavy atom. The first-order valence-electron chi connectivity index (χ1n) is 12.8. The fourth-order valence-corrected chi connectivity index (χ4v) is 5.44. The van der Waals surface area contributed by atoms with Crippen molar-refractivity contribution in [2.45, 2.75) is 38.8 Å². The Morgan fingerprint density at radius 3 is 2.70 bits per heavy atom. The van der Waals surface area contributed by atoms with Crippen molar-refractivity contribution >= 4 is 16.8 Å². The van der Waals surface area contributed by atoms with Crippen molar-refractivity contribution in [2.24, 2.45) is 5.73 Å². The molecule has 0 atom stereocenters. The summed E-state index contributed by atoms with van der Waals surface area (Å²) in [7, 11) is 1.68. The highest BCUT2D eigenvalue weighted by Gasteiger charge is 2.29. The van der Waals surface area contributed by atoms with E-state index in [1.165, 1.54) is 6.07 Å². The molecule has 0 bridgehead atoms. The molecule has 0 unspecified atom stereocenters. The minimum absolute atomic E-state index is 0.00836. The number of ether oxygens (including phenoxy) is 1. The molecule has 37 heavy (non-hydrogen) atoms. The van der Waals surface area contributed by atoms with Gasteiger partial charge in [-0.3, -0.25) is 9.78 Å². The van der Waals surface area contributed by atoms with Gasteiger partial charge in [0.2, 0.25) is 0 Å². The van der Waals surface area contributed by atoms with E-state index in [1.807, 2.05) is 42.3 Å². The maximum atomic E-state index is 14.6. The van der Waals surface area contributed by atoms with Gasteiger partial charge in [0.05, 0.1) is 12.2 Å². The lowest BCUT2D eigenvalue weighted by Gasteiger charge is -2.32. The summed E-state index contributed by atoms with van der Waals surface area (Å²) in [5.41, 5.74) is 12.1. The van der Waals surface area contributed by atoms with Crippen LogP contribution in [-0.4, -0.2) is 47.2 Å². The lowest BCUT2D eigenvalue weighted by molar-refractivity contribution is 0.0714. The molecule has 1 amide bonds. The summed E-state index contributed by atoms with van der Waals surface area (Å²) in [6.07, 6.45) is 5.20. The number of carbonyl (C=O) groups is 1. The monoisotopic (exact) mass is 500 g/mol. The fraction of sp³-hybridized carbons (Fsp3) is 0.333. The zero-order valence-corrected chi connectivity index (χ0v) is 21.4. The standard InChI is InChI=1S/C30H33FN4O2/c1-20-16-23(8-11-33-20)24-4-3-5-28-29(24)26(19-35(28)14-15-37-2)30(36)34-12-9-22(10-13-34)25-17-21(18-32)6-7-27(25)31/h3-8,11,16-17,19,22H,9-10,12-15,18,32H2,1-2H3. The molecule has 4 aromatic rings. The summed E-state index contributed by atoms with van der Waals surface area (Å²) in [4.78, 5) is 20.2. The minimum atomic E-state index is -0.194. The first kappa shape index (κ1) is 25.1. The van der Waals surface area contributed by atoms with Gasteiger partial charge in [-0.2, -0.15) is 0 Å². The van der Waals surface area contributed by atoms with E-state index in [-0.39, 0.29) is 17.6 Å². The van der Waals surface area contributed by atoms with E-state index in [1.54, 1.807) is 19.4 Å². The molecule has 2 N–H and O–H groups in total. The van der Waals surface area contributed by atoms with Gasteiger partial charge in [0.1, 0.15) is 5.82 Å². The van der Waals surface area contributed by atoms with Crippen LogP contribution in [-0.2, 0) is 17.8 Å². The minimum Gasteiger partial charge on any atom is -0.383 e. The van der Waals surface area contributed by atoms with E-state index in [4.69, 9.17) is 10.5 Å². The smallest absolute Gasteiger partial charge is 0.256 e. The van der Waals surface area contributed by atoms with Gasteiger partial charge in [0, 0.05) is 62.3 Å². The van der Waals surface area contributed by atoms with Crippen molar-refractivity contribution in [1.82, 2.24) is 14.5 Å². The highest BCUT2D eigenvalue weighted by Crippen LogP contribution is 2.35. The second-order valence-electron chi connectivity index (χ2n) is 9.74. The number of hydrogen-bond acceptors (Lipinski definition) is 4. The largest absolute Gasteiger partial charge is 0.383 e. The molecular formula is C30H33FN4O2. The Bertz CT molecular complexity index is 1420. The van der Waals surface area contributed by atoms with Crippen LogP contribution in [0.25, 0.3) is 22.0 Å². The number of aryl methyl sites for hydroxylation is 1. The highest BCUT2D eigenvalue weighted by molar-refractivity contribution is 6.12. The summed E-state index contributed by atoms with van der Waals surface area (Å²) < 4.78 is 22.0. The zero-order valence-electron chi connectivity index (χ0n) is 21.4. The number of benzene rings is 2. The molecule has 7 heteroatoms. The predicted octanol–water partition coefficient (Wildman–Crippen LogP) is 5.28. The molecule has 2 aromatic heterocycles. The van der Waals surface area contributed by atoms with Crippen LogP contribution in [0.2, 0.25) is 0 Å². The van der Waals surface area contributed by atoms with Crippen molar-refractivity contribution in [3.8, 4) is 11.1 Å². The van der Waals surface area contributed by atoms with Crippen molar-refractivity contribution in [1.29, 1.82) is 0 Å². The molecule has 1 saturated heterocycles. The van der Waals surface area contributed by atoms with Crippen molar-refractivity contribution in [3.05, 3.63) is 89.1 Å². The summed E-state index contributed by atoms with van der Waals surface area (Å²) >= 11 is 0. The topological polar surface area (TPSA) is 73.4 Å². The molecule has 3 heterocycles. The summed E-state index contributed by atoms with van der Waals surface area (Å²) in [5, 5.41) is 0.943. The fourth-order valence-electron chi connectivity index (χ4n) is 5.44. The number of fused-ring (bicyclic) bond motifs is 1. The number of nitrogens with two attached hydrogens (primary N) is 1. The number of likely N-dealkylation sites (tertiary alicyclic amines) is 1. The van der Waals surface area contributed by atoms with Crippen molar-refractivity contribution in [3.63, 3.8) is 0 Å². The Kier molecular flexibility index (Phi) is 7.35. The molecule has 1 aliphatic rings. The molecule has 1 fully saturated rings. The summed E-state index contributed by atoms with van der Waals surface area (Å²) in [6.45, 7) is 4.72. The van der Waals surface area contributed by atoms with E-state index < -0.39 is 0 Å². The Balaban J connectivity index is 1.47. The lowest BCUT2D eigenvalue weighted by atomic mass is 9.88. The second kappa shape index (κ2) is 10.8. The van der Waals surface area contributed by atoms with E-state index in [0.29, 0.717) is 43.9 Å². The van der Waals surface area contributed by atoms with Gasteiger partial charge in [0.25, 0.3) is 5.91 Å². The number of amides is 1. The van der Waals surface area contributed by atoms with E-state index in [2.05, 4.69) is 21.7 Å². The number of rotatable bonds is 7. The molecule has 6 nitrogen and oxygen atoms in total. The van der Waals surface area contributed by atoms with Crippen molar-refractivity contribution < 1.29 is 13.9 Å². The molecular weight excluding hydrogens is 467 g/mol. The van der Waals surface area contributed by atoms with E-state index in [0.717, 1.165) is 46.1 Å². The summed E-state index contributed by atoms with van der Waals surface area (Å²) in [6, 6.07) is 15.3. The van der Waals surface area contributed by atoms with Gasteiger partial charge in [-0.25, -0.2) is 4.39 Å². The number of hydrogen-bond donors (Lipinski definition) is 1. The first-order valence-corrected chi connectivity index (χ1v) is 12.8. The summed E-state index contributed by atoms with van der Waals surface area (Å²) in [5.74, 6) is -0.108. The molecule has 192 valence electrons. The van der Waals surface area contributed by atoms with E-state index in [9.17, 15) is 9.18 Å². The molecule has 2 aromatic carbocycles. The van der Waals surface area contributed by atoms with Gasteiger partial charge in [-0.05, 0) is 72.2 Å². The first-order chi connectivity index (χ1) is 18.0. The van der Waals surface area contributed by atoms with Gasteiger partial charge < -0.3 is 19.9 Å². The number of pyridine rings is 1. The lowest BCUT2D eigenvalue weighted by Crippen LogP contribution is -2.38. The Labute approximate surface area is 216 Å². The van der Waals surface area contributed by atoms with E-state index >= 15 is 0 Å². The number of halogens is 1. The van der Waals surface area contributed by atoms with Crippen LogP contribution in [0.1, 0.15) is 45.9 Å². The SMILES string of the molecule is COCCn1cc(C(=O)N2CCC(c3cc(CN)ccc3F)CC2)c2c(-c3ccnc(C)c3)cccc21. The predicted molar refractivity (Wildman–Crippen MR) is 144 cm³/mol. The average molecular weight is 501 g/mol. The molecule has 5 rings (SSSR count). The van der Waals surface area contributed by atoms with Gasteiger partial charge in [0.15, 0.2) is 0 Å². The van der Waals surface area contributed by atoms with Gasteiger partial charge in [-0.15, -0.1) is 0 Å². The van der Waals surface area contributed by atoms with Crippen LogP contribution in [0.3, 0.4) is 0 Å². The van der Waals surface area contributed by atoms with Crippen LogP contribution >= 0.6 is 0 Å². The molecule has 0 aliphatic carbocycles. The second-order valence-corrected chi connectivity index (χ2v) is 9.74. The van der Waals surface area contributed by atoms with Crippen LogP contribution in [0.15, 0.2) is 60.9 Å². The third kappa shape index (κ3) is 5.02. The Hall–Kier alpha value is -3.55. The highest BCUT2D eigenvalue weighted by atomic mass is 19.1.